The van der Waals surface area contributed by atoms with E-state index in [9.17, 15) is 17.6 Å². The molecule has 0 unspecified atom stereocenters. The quantitative estimate of drug-likeness (QED) is 0.481. The Morgan fingerprint density at radius 2 is 1.66 bits per heavy atom. The maximum absolute atomic E-state index is 14.0. The highest BCUT2D eigenvalue weighted by molar-refractivity contribution is 9.10. The van der Waals surface area contributed by atoms with Crippen molar-refractivity contribution in [1.29, 1.82) is 0 Å². The standard InChI is InChI=1S/C20H15BrClFN2O3S/c1-12-10-16(29(27,28)25-19-8-4-14(21)11-17(19)23)7-9-18(12)24-20(26)13-2-5-15(22)6-3-13/h2-11,25H,1H3,(H,24,26). The van der Waals surface area contributed by atoms with Crippen LogP contribution in [0.3, 0.4) is 0 Å². The lowest BCUT2D eigenvalue weighted by Crippen LogP contribution is -2.15. The fourth-order valence-electron chi connectivity index (χ4n) is 2.52. The third-order valence-electron chi connectivity index (χ3n) is 4.04. The molecule has 0 atom stereocenters. The normalized spacial score (nSPS) is 11.2. The molecule has 9 heteroatoms. The molecule has 0 aliphatic carbocycles. The molecule has 3 aromatic carbocycles. The summed E-state index contributed by atoms with van der Waals surface area (Å²) in [6.07, 6.45) is 0. The molecule has 0 heterocycles. The Hall–Kier alpha value is -2.42. The molecule has 150 valence electrons. The molecule has 3 aromatic rings. The van der Waals surface area contributed by atoms with E-state index >= 15 is 0 Å². The van der Waals surface area contributed by atoms with E-state index in [0.29, 0.717) is 26.3 Å². The van der Waals surface area contributed by atoms with Gasteiger partial charge in [-0.3, -0.25) is 9.52 Å². The topological polar surface area (TPSA) is 75.3 Å². The summed E-state index contributed by atoms with van der Waals surface area (Å²) in [5.41, 5.74) is 1.24. The third kappa shape index (κ3) is 5.14. The van der Waals surface area contributed by atoms with E-state index in [4.69, 9.17) is 11.6 Å². The molecular formula is C20H15BrClFN2O3S. The van der Waals surface area contributed by atoms with E-state index in [2.05, 4.69) is 26.0 Å². The van der Waals surface area contributed by atoms with Crippen molar-refractivity contribution in [2.75, 3.05) is 10.0 Å². The molecule has 0 aromatic heterocycles. The highest BCUT2D eigenvalue weighted by Gasteiger charge is 2.18. The van der Waals surface area contributed by atoms with Crippen molar-refractivity contribution in [1.82, 2.24) is 0 Å². The zero-order valence-corrected chi connectivity index (χ0v) is 18.2. The van der Waals surface area contributed by atoms with Gasteiger partial charge in [-0.25, -0.2) is 12.8 Å². The summed E-state index contributed by atoms with van der Waals surface area (Å²) in [6.45, 7) is 1.66. The molecule has 3 rings (SSSR count). The number of benzene rings is 3. The number of sulfonamides is 1. The second kappa shape index (κ2) is 8.52. The van der Waals surface area contributed by atoms with Gasteiger partial charge in [-0.1, -0.05) is 27.5 Å². The molecule has 0 radical (unpaired) electrons. The van der Waals surface area contributed by atoms with Gasteiger partial charge in [0.1, 0.15) is 5.82 Å². The summed E-state index contributed by atoms with van der Waals surface area (Å²) in [5, 5.41) is 3.24. The van der Waals surface area contributed by atoms with Crippen LogP contribution in [0.2, 0.25) is 5.02 Å². The van der Waals surface area contributed by atoms with Crippen LogP contribution < -0.4 is 10.0 Å². The first-order chi connectivity index (χ1) is 13.7. The Morgan fingerprint density at radius 3 is 2.28 bits per heavy atom. The minimum absolute atomic E-state index is 0.0539. The van der Waals surface area contributed by atoms with Gasteiger partial charge in [-0.05, 0) is 73.2 Å². The Balaban J connectivity index is 1.80. The third-order valence-corrected chi connectivity index (χ3v) is 6.15. The molecule has 5 nitrogen and oxygen atoms in total. The smallest absolute Gasteiger partial charge is 0.261 e. The van der Waals surface area contributed by atoms with Crippen molar-refractivity contribution in [3.05, 3.63) is 87.1 Å². The lowest BCUT2D eigenvalue weighted by Gasteiger charge is -2.13. The van der Waals surface area contributed by atoms with Gasteiger partial charge in [-0.15, -0.1) is 0 Å². The number of hydrogen-bond acceptors (Lipinski definition) is 3. The van der Waals surface area contributed by atoms with Crippen molar-refractivity contribution in [2.24, 2.45) is 0 Å². The second-order valence-electron chi connectivity index (χ2n) is 6.17. The fourth-order valence-corrected chi connectivity index (χ4v) is 4.13. The van der Waals surface area contributed by atoms with E-state index in [1.807, 2.05) is 0 Å². The average Bonchev–Trinajstić information content (AvgIpc) is 2.66. The average molecular weight is 498 g/mol. The summed E-state index contributed by atoms with van der Waals surface area (Å²) >= 11 is 8.94. The molecular weight excluding hydrogens is 483 g/mol. The highest BCUT2D eigenvalue weighted by atomic mass is 79.9. The molecule has 0 bridgehead atoms. The SMILES string of the molecule is Cc1cc(S(=O)(=O)Nc2ccc(Br)cc2F)ccc1NC(=O)c1ccc(Cl)cc1. The molecule has 29 heavy (non-hydrogen) atoms. The summed E-state index contributed by atoms with van der Waals surface area (Å²) in [5.74, 6) is -1.05. The van der Waals surface area contributed by atoms with Gasteiger partial charge in [0, 0.05) is 20.7 Å². The van der Waals surface area contributed by atoms with Crippen LogP contribution >= 0.6 is 27.5 Å². The van der Waals surface area contributed by atoms with Crippen molar-refractivity contribution in [3.63, 3.8) is 0 Å². The summed E-state index contributed by atoms with van der Waals surface area (Å²) < 4.78 is 41.9. The van der Waals surface area contributed by atoms with E-state index in [-0.39, 0.29) is 16.5 Å². The number of hydrogen-bond donors (Lipinski definition) is 2. The van der Waals surface area contributed by atoms with Crippen LogP contribution in [0.25, 0.3) is 0 Å². The lowest BCUT2D eigenvalue weighted by molar-refractivity contribution is 0.102. The number of anilines is 2. The molecule has 0 saturated carbocycles. The van der Waals surface area contributed by atoms with Crippen LogP contribution in [0, 0.1) is 12.7 Å². The molecule has 0 aliphatic heterocycles. The van der Waals surface area contributed by atoms with E-state index < -0.39 is 15.8 Å². The number of nitrogens with one attached hydrogen (secondary N) is 2. The number of aryl methyl sites for hydroxylation is 1. The van der Waals surface area contributed by atoms with Gasteiger partial charge >= 0.3 is 0 Å². The van der Waals surface area contributed by atoms with Crippen molar-refractivity contribution in [2.45, 2.75) is 11.8 Å². The number of halogens is 3. The highest BCUT2D eigenvalue weighted by Crippen LogP contribution is 2.25. The maximum Gasteiger partial charge on any atom is 0.261 e. The predicted molar refractivity (Wildman–Crippen MR) is 115 cm³/mol. The minimum atomic E-state index is -4.01. The molecule has 2 N–H and O–H groups in total. The van der Waals surface area contributed by atoms with E-state index in [0.717, 1.165) is 0 Å². The molecule has 0 aliphatic rings. The van der Waals surface area contributed by atoms with Crippen LogP contribution in [-0.4, -0.2) is 14.3 Å². The monoisotopic (exact) mass is 496 g/mol. The second-order valence-corrected chi connectivity index (χ2v) is 9.20. The van der Waals surface area contributed by atoms with Crippen molar-refractivity contribution < 1.29 is 17.6 Å². The molecule has 0 fully saturated rings. The van der Waals surface area contributed by atoms with E-state index in [1.54, 1.807) is 31.2 Å². The zero-order valence-electron chi connectivity index (χ0n) is 15.0. The van der Waals surface area contributed by atoms with Crippen LogP contribution in [-0.2, 0) is 10.0 Å². The molecule has 0 saturated heterocycles. The van der Waals surface area contributed by atoms with Gasteiger partial charge in [-0.2, -0.15) is 0 Å². The Labute approximate surface area is 181 Å². The van der Waals surface area contributed by atoms with E-state index in [1.165, 1.54) is 36.4 Å². The van der Waals surface area contributed by atoms with Gasteiger partial charge in [0.15, 0.2) is 0 Å². The number of rotatable bonds is 5. The van der Waals surface area contributed by atoms with Crippen LogP contribution in [0.4, 0.5) is 15.8 Å². The maximum atomic E-state index is 14.0. The van der Waals surface area contributed by atoms with Gasteiger partial charge < -0.3 is 5.32 Å². The fraction of sp³-hybridized carbons (Fsp3) is 0.0500. The van der Waals surface area contributed by atoms with Crippen LogP contribution in [0.1, 0.15) is 15.9 Å². The summed E-state index contributed by atoms with van der Waals surface area (Å²) in [6, 6.07) is 14.6. The number of carbonyl (C=O) groups excluding carboxylic acids is 1. The number of amides is 1. The van der Waals surface area contributed by atoms with Crippen molar-refractivity contribution in [3.8, 4) is 0 Å². The molecule has 1 amide bonds. The number of carbonyl (C=O) groups is 1. The Bertz CT molecular complexity index is 1180. The van der Waals surface area contributed by atoms with Gasteiger partial charge in [0.25, 0.3) is 15.9 Å². The first-order valence-corrected chi connectivity index (χ1v) is 11.0. The minimum Gasteiger partial charge on any atom is -0.322 e. The summed E-state index contributed by atoms with van der Waals surface area (Å²) in [7, 11) is -4.01. The summed E-state index contributed by atoms with van der Waals surface area (Å²) in [4.78, 5) is 12.3. The Morgan fingerprint density at radius 1 is 1.00 bits per heavy atom. The van der Waals surface area contributed by atoms with Gasteiger partial charge in [0.05, 0.1) is 10.6 Å². The predicted octanol–water partition coefficient (Wildman–Crippen LogP) is 5.60. The largest absolute Gasteiger partial charge is 0.322 e. The zero-order chi connectivity index (χ0) is 21.2. The first kappa shape index (κ1) is 21.3. The van der Waals surface area contributed by atoms with Crippen LogP contribution in [0.15, 0.2) is 70.0 Å². The first-order valence-electron chi connectivity index (χ1n) is 8.31. The van der Waals surface area contributed by atoms with Gasteiger partial charge in [0.2, 0.25) is 0 Å². The Kier molecular flexibility index (Phi) is 6.26. The van der Waals surface area contributed by atoms with Crippen molar-refractivity contribution >= 4 is 54.8 Å². The molecule has 0 spiro atoms. The van der Waals surface area contributed by atoms with Crippen LogP contribution in [0.5, 0.6) is 0 Å². The lowest BCUT2D eigenvalue weighted by atomic mass is 10.1.